The number of rotatable bonds is 5. The lowest BCUT2D eigenvalue weighted by molar-refractivity contribution is -0.140. The lowest BCUT2D eigenvalue weighted by atomic mass is 9.69. The van der Waals surface area contributed by atoms with Crippen LogP contribution < -0.4 is 4.74 Å². The molecular formula is C26H27NO4. The Hall–Kier alpha value is -3.21. The number of ether oxygens (including phenoxy) is 2. The van der Waals surface area contributed by atoms with E-state index in [0.29, 0.717) is 17.7 Å². The summed E-state index contributed by atoms with van der Waals surface area (Å²) in [5.74, 6) is -0.251. The van der Waals surface area contributed by atoms with Gasteiger partial charge in [0.2, 0.25) is 0 Å². The summed E-state index contributed by atoms with van der Waals surface area (Å²) >= 11 is 0. The molecule has 2 atom stereocenters. The smallest absolute Gasteiger partial charge is 0.336 e. The van der Waals surface area contributed by atoms with E-state index < -0.39 is 5.97 Å². The largest absolute Gasteiger partial charge is 0.497 e. The number of Topliss-reactive ketones (excluding diaryl/α,β-unsaturated/α-hetero) is 1. The molecule has 0 saturated heterocycles. The van der Waals surface area contributed by atoms with Gasteiger partial charge in [-0.15, -0.1) is 0 Å². The molecule has 160 valence electrons. The Balaban J connectivity index is 1.68. The van der Waals surface area contributed by atoms with Crippen LogP contribution in [-0.4, -0.2) is 24.6 Å². The first-order chi connectivity index (χ1) is 15.0. The molecule has 1 unspecified atom stereocenters. The summed E-state index contributed by atoms with van der Waals surface area (Å²) < 4.78 is 10.9. The van der Waals surface area contributed by atoms with Crippen LogP contribution in [0, 0.1) is 12.8 Å². The standard InChI is InChI=1S/C26H27NO4/c1-16-7-4-5-8-20(16)24-23(17(2)27-21-9-6-10-22(28)25(21)24)26(29)31-15-18-11-13-19(30-3)14-12-18/h4-5,7-8,11-14,24-25H,6,9-10,15H2,1-3H3/t24-,25?/m1/s1. The summed E-state index contributed by atoms with van der Waals surface area (Å²) in [5, 5.41) is 0. The topological polar surface area (TPSA) is 65.0 Å². The number of carbonyl (C=O) groups excluding carboxylic acids is 2. The number of carbonyl (C=O) groups is 2. The molecule has 1 saturated carbocycles. The molecule has 2 aromatic carbocycles. The molecular weight excluding hydrogens is 390 g/mol. The number of esters is 1. The van der Waals surface area contributed by atoms with Crippen LogP contribution in [0.4, 0.5) is 0 Å². The fourth-order valence-electron chi connectivity index (χ4n) is 4.61. The first kappa shape index (κ1) is 21.0. The molecule has 5 nitrogen and oxygen atoms in total. The number of hydrogen-bond donors (Lipinski definition) is 0. The molecule has 4 rings (SSSR count). The average molecular weight is 418 g/mol. The number of hydrogen-bond acceptors (Lipinski definition) is 5. The van der Waals surface area contributed by atoms with Crippen molar-refractivity contribution in [3.8, 4) is 5.75 Å². The van der Waals surface area contributed by atoms with E-state index >= 15 is 0 Å². The van der Waals surface area contributed by atoms with Crippen molar-refractivity contribution in [3.05, 3.63) is 76.5 Å². The predicted octanol–water partition coefficient (Wildman–Crippen LogP) is 4.93. The number of benzene rings is 2. The highest BCUT2D eigenvalue weighted by molar-refractivity contribution is 6.11. The molecule has 0 amide bonds. The number of aryl methyl sites for hydroxylation is 1. The highest BCUT2D eigenvalue weighted by atomic mass is 16.5. The number of methoxy groups -OCH3 is 1. The second-order valence-corrected chi connectivity index (χ2v) is 8.16. The number of fused-ring (bicyclic) bond motifs is 1. The van der Waals surface area contributed by atoms with E-state index in [1.807, 2.05) is 62.4 Å². The normalized spacial score (nSPS) is 20.7. The molecule has 31 heavy (non-hydrogen) atoms. The molecule has 0 aromatic heterocycles. The predicted molar refractivity (Wildman–Crippen MR) is 119 cm³/mol. The number of nitrogens with zero attached hydrogens (tertiary/aromatic N) is 1. The Kier molecular flexibility index (Phi) is 6.03. The maximum absolute atomic E-state index is 13.3. The van der Waals surface area contributed by atoms with Crippen molar-refractivity contribution < 1.29 is 19.1 Å². The fraction of sp³-hybridized carbons (Fsp3) is 0.346. The van der Waals surface area contributed by atoms with Crippen LogP contribution in [0.2, 0.25) is 0 Å². The highest BCUT2D eigenvalue weighted by Crippen LogP contribution is 2.44. The van der Waals surface area contributed by atoms with Crippen molar-refractivity contribution >= 4 is 17.5 Å². The zero-order valence-electron chi connectivity index (χ0n) is 18.2. The average Bonchev–Trinajstić information content (AvgIpc) is 2.77. The summed E-state index contributed by atoms with van der Waals surface area (Å²) in [6.07, 6.45) is 2.14. The van der Waals surface area contributed by atoms with Gasteiger partial charge in [0.1, 0.15) is 18.1 Å². The van der Waals surface area contributed by atoms with Crippen molar-refractivity contribution in [2.45, 2.75) is 45.6 Å². The summed E-state index contributed by atoms with van der Waals surface area (Å²) in [7, 11) is 1.61. The van der Waals surface area contributed by atoms with Gasteiger partial charge in [0.15, 0.2) is 0 Å². The van der Waals surface area contributed by atoms with E-state index in [9.17, 15) is 9.59 Å². The first-order valence-corrected chi connectivity index (χ1v) is 10.7. The lowest BCUT2D eigenvalue weighted by Crippen LogP contribution is -2.39. The maximum atomic E-state index is 13.3. The molecule has 1 fully saturated rings. The van der Waals surface area contributed by atoms with E-state index in [0.717, 1.165) is 41.0 Å². The Morgan fingerprint density at radius 3 is 2.48 bits per heavy atom. The van der Waals surface area contributed by atoms with Gasteiger partial charge in [-0.1, -0.05) is 36.4 Å². The van der Waals surface area contributed by atoms with E-state index in [1.165, 1.54) is 0 Å². The van der Waals surface area contributed by atoms with Crippen LogP contribution in [-0.2, 0) is 20.9 Å². The second kappa shape index (κ2) is 8.88. The summed E-state index contributed by atoms with van der Waals surface area (Å²) in [6, 6.07) is 15.4. The number of aliphatic imine (C=N–C) groups is 1. The number of allylic oxidation sites excluding steroid dienone is 1. The molecule has 1 aliphatic carbocycles. The van der Waals surface area contributed by atoms with Gasteiger partial charge in [0.05, 0.1) is 18.6 Å². The highest BCUT2D eigenvalue weighted by Gasteiger charge is 2.44. The van der Waals surface area contributed by atoms with Gasteiger partial charge in [0.25, 0.3) is 0 Å². The third kappa shape index (κ3) is 4.18. The molecule has 1 aliphatic heterocycles. The van der Waals surface area contributed by atoms with Gasteiger partial charge < -0.3 is 9.47 Å². The monoisotopic (exact) mass is 417 g/mol. The van der Waals surface area contributed by atoms with Crippen LogP contribution in [0.5, 0.6) is 5.75 Å². The summed E-state index contributed by atoms with van der Waals surface area (Å²) in [6.45, 7) is 4.01. The minimum Gasteiger partial charge on any atom is -0.497 e. The van der Waals surface area contributed by atoms with Crippen LogP contribution in [0.3, 0.4) is 0 Å². The zero-order chi connectivity index (χ0) is 22.0. The third-order valence-electron chi connectivity index (χ3n) is 6.18. The van der Waals surface area contributed by atoms with E-state index in [4.69, 9.17) is 14.5 Å². The molecule has 1 heterocycles. The van der Waals surface area contributed by atoms with Crippen molar-refractivity contribution in [1.29, 1.82) is 0 Å². The van der Waals surface area contributed by atoms with Crippen molar-refractivity contribution in [3.63, 3.8) is 0 Å². The summed E-state index contributed by atoms with van der Waals surface area (Å²) in [4.78, 5) is 31.0. The Bertz CT molecular complexity index is 1070. The van der Waals surface area contributed by atoms with Gasteiger partial charge in [0, 0.05) is 23.7 Å². The quantitative estimate of drug-likeness (QED) is 0.647. The van der Waals surface area contributed by atoms with Gasteiger partial charge in [-0.2, -0.15) is 0 Å². The van der Waals surface area contributed by atoms with E-state index in [-0.39, 0.29) is 24.2 Å². The molecule has 0 radical (unpaired) electrons. The minimum atomic E-state index is -0.414. The van der Waals surface area contributed by atoms with Gasteiger partial charge >= 0.3 is 5.97 Å². The van der Waals surface area contributed by atoms with Gasteiger partial charge in [-0.05, 0) is 55.5 Å². The Morgan fingerprint density at radius 1 is 1.03 bits per heavy atom. The van der Waals surface area contributed by atoms with E-state index in [2.05, 4.69) is 0 Å². The SMILES string of the molecule is COc1ccc(COC(=O)C2=C(C)N=C3CCCC(=O)C3[C@@H]2c2ccccc2C)cc1. The first-order valence-electron chi connectivity index (χ1n) is 10.7. The molecule has 0 bridgehead atoms. The lowest BCUT2D eigenvalue weighted by Gasteiger charge is -2.36. The second-order valence-electron chi connectivity index (χ2n) is 8.16. The van der Waals surface area contributed by atoms with Crippen LogP contribution in [0.25, 0.3) is 0 Å². The Morgan fingerprint density at radius 2 is 1.77 bits per heavy atom. The van der Waals surface area contributed by atoms with Gasteiger partial charge in [-0.3, -0.25) is 9.79 Å². The van der Waals surface area contributed by atoms with Crippen molar-refractivity contribution in [1.82, 2.24) is 0 Å². The molecule has 2 aromatic rings. The molecule has 5 heteroatoms. The van der Waals surface area contributed by atoms with Crippen LogP contribution in [0.1, 0.15) is 48.8 Å². The third-order valence-corrected chi connectivity index (χ3v) is 6.18. The molecule has 2 aliphatic rings. The van der Waals surface area contributed by atoms with Crippen LogP contribution in [0.15, 0.2) is 64.8 Å². The van der Waals surface area contributed by atoms with E-state index in [1.54, 1.807) is 7.11 Å². The van der Waals surface area contributed by atoms with Gasteiger partial charge in [-0.25, -0.2) is 4.79 Å². The maximum Gasteiger partial charge on any atom is 0.336 e. The fourth-order valence-corrected chi connectivity index (χ4v) is 4.61. The Labute approximate surface area is 182 Å². The zero-order valence-corrected chi connectivity index (χ0v) is 18.2. The minimum absolute atomic E-state index is 0.148. The van der Waals surface area contributed by atoms with Crippen molar-refractivity contribution in [2.24, 2.45) is 10.9 Å². The van der Waals surface area contributed by atoms with Crippen molar-refractivity contribution in [2.75, 3.05) is 7.11 Å². The summed E-state index contributed by atoms with van der Waals surface area (Å²) in [5.41, 5.74) is 4.95. The molecule has 0 N–H and O–H groups in total. The molecule has 0 spiro atoms. The van der Waals surface area contributed by atoms with Crippen LogP contribution >= 0.6 is 0 Å². The number of ketones is 1.